The molecule has 31 heavy (non-hydrogen) atoms. The highest BCUT2D eigenvalue weighted by Gasteiger charge is 2.27. The maximum absolute atomic E-state index is 13.4. The van der Waals surface area contributed by atoms with E-state index in [0.717, 1.165) is 18.5 Å². The van der Waals surface area contributed by atoms with Gasteiger partial charge >= 0.3 is 0 Å². The first kappa shape index (κ1) is 19.2. The molecule has 0 saturated heterocycles. The van der Waals surface area contributed by atoms with E-state index in [1.807, 2.05) is 18.2 Å². The van der Waals surface area contributed by atoms with Gasteiger partial charge in [0, 0.05) is 23.7 Å². The molecule has 3 aromatic heterocycles. The fourth-order valence-electron chi connectivity index (χ4n) is 3.57. The zero-order valence-electron chi connectivity index (χ0n) is 16.8. The Hall–Kier alpha value is -3.81. The second-order valence-corrected chi connectivity index (χ2v) is 7.73. The van der Waals surface area contributed by atoms with Crippen LogP contribution in [0.25, 0.3) is 16.9 Å². The number of hydrogen-bond donors (Lipinski definition) is 1. The topological polar surface area (TPSA) is 81.3 Å². The molecule has 8 heteroatoms. The molecule has 0 unspecified atom stereocenters. The molecule has 156 valence electrons. The van der Waals surface area contributed by atoms with Gasteiger partial charge in [-0.25, -0.2) is 14.1 Å². The Bertz CT molecular complexity index is 1340. The molecule has 0 radical (unpaired) electrons. The standard InChI is InChI=1S/C23H20FN5O2/c1-14(29-20(30)12-11-18(27-29)15-5-6-15)23(31)26-22-21(16-7-9-17(24)10-8-16)25-19-4-2-3-13-28(19)22/h2-4,7-15H,5-6H2,1H3,(H,26,31)/t14-/m1/s1. The van der Waals surface area contributed by atoms with Crippen LogP contribution in [0.2, 0.25) is 0 Å². The number of anilines is 1. The molecule has 0 bridgehead atoms. The minimum Gasteiger partial charge on any atom is -0.308 e. The minimum absolute atomic E-state index is 0.330. The van der Waals surface area contributed by atoms with E-state index in [9.17, 15) is 14.0 Å². The summed E-state index contributed by atoms with van der Waals surface area (Å²) in [4.78, 5) is 30.1. The van der Waals surface area contributed by atoms with Crippen LogP contribution in [-0.2, 0) is 4.79 Å². The predicted octanol–water partition coefficient (Wildman–Crippen LogP) is 3.77. The molecule has 1 N–H and O–H groups in total. The van der Waals surface area contributed by atoms with Crippen LogP contribution >= 0.6 is 0 Å². The summed E-state index contributed by atoms with van der Waals surface area (Å²) in [6, 6.07) is 13.8. The molecule has 1 aliphatic rings. The number of rotatable bonds is 5. The van der Waals surface area contributed by atoms with E-state index in [-0.39, 0.29) is 11.4 Å². The van der Waals surface area contributed by atoms with Crippen LogP contribution in [0.15, 0.2) is 65.6 Å². The lowest BCUT2D eigenvalue weighted by molar-refractivity contribution is -0.119. The molecule has 4 aromatic rings. The average Bonchev–Trinajstić information content (AvgIpc) is 3.57. The summed E-state index contributed by atoms with van der Waals surface area (Å²) < 4.78 is 16.4. The fourth-order valence-corrected chi connectivity index (χ4v) is 3.57. The van der Waals surface area contributed by atoms with E-state index < -0.39 is 11.9 Å². The first-order valence-corrected chi connectivity index (χ1v) is 10.1. The highest BCUT2D eigenvalue weighted by molar-refractivity contribution is 5.96. The smallest absolute Gasteiger partial charge is 0.267 e. The first-order chi connectivity index (χ1) is 15.0. The molecule has 1 aliphatic carbocycles. The third-order valence-electron chi connectivity index (χ3n) is 5.48. The van der Waals surface area contributed by atoms with Gasteiger partial charge in [-0.15, -0.1) is 0 Å². The van der Waals surface area contributed by atoms with Gasteiger partial charge in [0.2, 0.25) is 5.91 Å². The van der Waals surface area contributed by atoms with Crippen LogP contribution in [0.5, 0.6) is 0 Å². The lowest BCUT2D eigenvalue weighted by atomic mass is 10.1. The molecule has 5 rings (SSSR count). The van der Waals surface area contributed by atoms with E-state index >= 15 is 0 Å². The number of carbonyl (C=O) groups is 1. The number of imidazole rings is 1. The van der Waals surface area contributed by atoms with E-state index in [0.29, 0.717) is 28.6 Å². The van der Waals surface area contributed by atoms with Gasteiger partial charge < -0.3 is 5.32 Å². The maximum Gasteiger partial charge on any atom is 0.267 e. The van der Waals surface area contributed by atoms with Gasteiger partial charge in [-0.1, -0.05) is 6.07 Å². The number of fused-ring (bicyclic) bond motifs is 1. The Balaban J connectivity index is 1.52. The van der Waals surface area contributed by atoms with Gasteiger partial charge in [0.05, 0.1) is 5.69 Å². The highest BCUT2D eigenvalue weighted by Crippen LogP contribution is 2.38. The number of aromatic nitrogens is 4. The van der Waals surface area contributed by atoms with Gasteiger partial charge in [0.15, 0.2) is 0 Å². The lowest BCUT2D eigenvalue weighted by Crippen LogP contribution is -2.33. The van der Waals surface area contributed by atoms with Crippen molar-refractivity contribution in [3.8, 4) is 11.3 Å². The van der Waals surface area contributed by atoms with Crippen LogP contribution in [0, 0.1) is 5.82 Å². The van der Waals surface area contributed by atoms with Crippen molar-refractivity contribution in [3.63, 3.8) is 0 Å². The average molecular weight is 417 g/mol. The molecular formula is C23H20FN5O2. The van der Waals surface area contributed by atoms with Crippen LogP contribution in [-0.4, -0.2) is 25.1 Å². The molecule has 3 heterocycles. The molecule has 0 aliphatic heterocycles. The van der Waals surface area contributed by atoms with Gasteiger partial charge in [-0.3, -0.25) is 14.0 Å². The van der Waals surface area contributed by atoms with E-state index in [2.05, 4.69) is 15.4 Å². The predicted molar refractivity (Wildman–Crippen MR) is 114 cm³/mol. The monoisotopic (exact) mass is 417 g/mol. The summed E-state index contributed by atoms with van der Waals surface area (Å²) in [5.74, 6) is 0.0701. The molecule has 1 aromatic carbocycles. The van der Waals surface area contributed by atoms with Crippen molar-refractivity contribution in [1.82, 2.24) is 19.2 Å². The minimum atomic E-state index is -0.818. The molecule has 1 fully saturated rings. The first-order valence-electron chi connectivity index (χ1n) is 10.1. The lowest BCUT2D eigenvalue weighted by Gasteiger charge is -2.15. The van der Waals surface area contributed by atoms with Crippen LogP contribution in [0.3, 0.4) is 0 Å². The number of carbonyl (C=O) groups excluding carboxylic acids is 1. The van der Waals surface area contributed by atoms with Crippen LogP contribution in [0.1, 0.15) is 37.4 Å². The Morgan fingerprint density at radius 1 is 1.13 bits per heavy atom. The van der Waals surface area contributed by atoms with Crippen molar-refractivity contribution in [2.75, 3.05) is 5.32 Å². The number of nitrogens with zero attached hydrogens (tertiary/aromatic N) is 4. The Morgan fingerprint density at radius 2 is 1.90 bits per heavy atom. The second-order valence-electron chi connectivity index (χ2n) is 7.73. The van der Waals surface area contributed by atoms with Crippen molar-refractivity contribution in [2.45, 2.75) is 31.7 Å². The summed E-state index contributed by atoms with van der Waals surface area (Å²) in [5, 5.41) is 7.32. The normalized spacial score (nSPS) is 14.5. The molecular weight excluding hydrogens is 397 g/mol. The zero-order valence-corrected chi connectivity index (χ0v) is 16.8. The number of amides is 1. The van der Waals surface area contributed by atoms with Gasteiger partial charge in [-0.05, 0) is 62.2 Å². The van der Waals surface area contributed by atoms with E-state index in [4.69, 9.17) is 0 Å². The van der Waals surface area contributed by atoms with Crippen LogP contribution < -0.4 is 10.9 Å². The third kappa shape index (κ3) is 3.61. The van der Waals surface area contributed by atoms with Gasteiger partial charge in [-0.2, -0.15) is 5.10 Å². The third-order valence-corrected chi connectivity index (χ3v) is 5.48. The Labute approximate surface area is 177 Å². The van der Waals surface area contributed by atoms with Crippen molar-refractivity contribution in [3.05, 3.63) is 82.7 Å². The molecule has 7 nitrogen and oxygen atoms in total. The van der Waals surface area contributed by atoms with Gasteiger partial charge in [0.25, 0.3) is 5.56 Å². The highest BCUT2D eigenvalue weighted by atomic mass is 19.1. The van der Waals surface area contributed by atoms with Crippen molar-refractivity contribution >= 4 is 17.4 Å². The van der Waals surface area contributed by atoms with E-state index in [1.54, 1.807) is 35.7 Å². The Kier molecular flexibility index (Phi) is 4.62. The molecule has 1 amide bonds. The Morgan fingerprint density at radius 3 is 2.65 bits per heavy atom. The largest absolute Gasteiger partial charge is 0.308 e. The SMILES string of the molecule is C[C@H](C(=O)Nc1c(-c2ccc(F)cc2)nc2ccccn12)n1nc(C2CC2)ccc1=O. The number of nitrogens with one attached hydrogen (secondary N) is 1. The molecule has 0 spiro atoms. The summed E-state index contributed by atoms with van der Waals surface area (Å²) in [7, 11) is 0. The summed E-state index contributed by atoms with van der Waals surface area (Å²) in [6.07, 6.45) is 3.89. The van der Waals surface area contributed by atoms with Crippen molar-refractivity contribution in [1.29, 1.82) is 0 Å². The summed E-state index contributed by atoms with van der Waals surface area (Å²) in [6.45, 7) is 1.64. The van der Waals surface area contributed by atoms with Crippen LogP contribution in [0.4, 0.5) is 10.2 Å². The quantitative estimate of drug-likeness (QED) is 0.536. The number of hydrogen-bond acceptors (Lipinski definition) is 4. The molecule has 1 atom stereocenters. The fraction of sp³-hybridized carbons (Fsp3) is 0.217. The zero-order chi connectivity index (χ0) is 21.5. The number of halogens is 1. The van der Waals surface area contributed by atoms with Gasteiger partial charge in [0.1, 0.15) is 29.0 Å². The summed E-state index contributed by atoms with van der Waals surface area (Å²) >= 11 is 0. The second kappa shape index (κ2) is 7.46. The summed E-state index contributed by atoms with van der Waals surface area (Å²) in [5.41, 5.74) is 2.32. The number of benzene rings is 1. The molecule has 1 saturated carbocycles. The van der Waals surface area contributed by atoms with Crippen molar-refractivity contribution in [2.24, 2.45) is 0 Å². The maximum atomic E-state index is 13.4. The van der Waals surface area contributed by atoms with E-state index in [1.165, 1.54) is 22.9 Å². The van der Waals surface area contributed by atoms with Crippen molar-refractivity contribution < 1.29 is 9.18 Å². The number of pyridine rings is 1.